The molecule has 3 aromatic rings. The fraction of sp³-hybridized carbons (Fsp3) is 0.296. The maximum absolute atomic E-state index is 12.7. The van der Waals surface area contributed by atoms with Crippen LogP contribution in [0.25, 0.3) is 10.8 Å². The number of anilines is 1. The molecule has 0 radical (unpaired) electrons. The van der Waals surface area contributed by atoms with Crippen LogP contribution < -0.4 is 16.0 Å². The number of hydrogen-bond donors (Lipinski definition) is 3. The van der Waals surface area contributed by atoms with Crippen molar-refractivity contribution in [1.82, 2.24) is 10.6 Å². The van der Waals surface area contributed by atoms with E-state index in [4.69, 9.17) is 0 Å². The predicted octanol–water partition coefficient (Wildman–Crippen LogP) is 3.89. The van der Waals surface area contributed by atoms with Crippen molar-refractivity contribution in [2.75, 3.05) is 11.9 Å². The summed E-state index contributed by atoms with van der Waals surface area (Å²) in [5, 5.41) is 10.5. The molecule has 172 valence electrons. The largest absolute Gasteiger partial charge is 0.345 e. The number of amides is 3. The van der Waals surface area contributed by atoms with Crippen LogP contribution in [0, 0.1) is 19.8 Å². The van der Waals surface area contributed by atoms with Crippen LogP contribution in [0.4, 0.5) is 5.69 Å². The van der Waals surface area contributed by atoms with E-state index in [1.54, 1.807) is 0 Å². The molecule has 0 spiro atoms. The van der Waals surface area contributed by atoms with Crippen molar-refractivity contribution in [3.8, 4) is 0 Å². The fourth-order valence-corrected chi connectivity index (χ4v) is 3.77. The lowest BCUT2D eigenvalue weighted by Gasteiger charge is -2.22. The molecule has 0 aliphatic heterocycles. The standard InChI is InChI=1S/C27H31N3O3/c1-17(2)25(27(33)28-16-24(32)30-26-18(3)8-7-9-19(26)4)29-23(31)15-20-12-13-21-10-5-6-11-22(21)14-20/h5-14,17,25H,15-16H2,1-4H3,(H,28,33)(H,29,31)(H,30,32). The maximum atomic E-state index is 12.7. The molecule has 1 atom stereocenters. The Morgan fingerprint density at radius 2 is 1.48 bits per heavy atom. The Hall–Kier alpha value is -3.67. The average Bonchev–Trinajstić information content (AvgIpc) is 2.78. The summed E-state index contributed by atoms with van der Waals surface area (Å²) in [5.74, 6) is -1.06. The van der Waals surface area contributed by atoms with Crippen LogP contribution in [-0.2, 0) is 20.8 Å². The zero-order valence-electron chi connectivity index (χ0n) is 19.6. The number of nitrogens with one attached hydrogen (secondary N) is 3. The number of carbonyl (C=O) groups is 3. The number of rotatable bonds is 8. The maximum Gasteiger partial charge on any atom is 0.243 e. The van der Waals surface area contributed by atoms with Crippen molar-refractivity contribution >= 4 is 34.2 Å². The SMILES string of the molecule is Cc1cccc(C)c1NC(=O)CNC(=O)C(NC(=O)Cc1ccc2ccccc2c1)C(C)C. The van der Waals surface area contributed by atoms with Gasteiger partial charge in [-0.2, -0.15) is 0 Å². The molecule has 3 rings (SSSR count). The lowest BCUT2D eigenvalue weighted by molar-refractivity contribution is -0.130. The highest BCUT2D eigenvalue weighted by Crippen LogP contribution is 2.19. The van der Waals surface area contributed by atoms with E-state index in [-0.39, 0.29) is 36.6 Å². The van der Waals surface area contributed by atoms with Crippen molar-refractivity contribution in [2.45, 2.75) is 40.2 Å². The summed E-state index contributed by atoms with van der Waals surface area (Å²) in [6.45, 7) is 7.38. The topological polar surface area (TPSA) is 87.3 Å². The van der Waals surface area contributed by atoms with E-state index in [0.717, 1.165) is 33.2 Å². The Morgan fingerprint density at radius 3 is 2.15 bits per heavy atom. The number of benzene rings is 3. The van der Waals surface area contributed by atoms with Crippen LogP contribution in [0.1, 0.15) is 30.5 Å². The summed E-state index contributed by atoms with van der Waals surface area (Å²) in [7, 11) is 0. The normalized spacial score (nSPS) is 11.8. The minimum absolute atomic E-state index is 0.132. The number of hydrogen-bond acceptors (Lipinski definition) is 3. The number of aryl methyl sites for hydroxylation is 2. The first kappa shape index (κ1) is 24.0. The minimum atomic E-state index is -0.731. The third-order valence-electron chi connectivity index (χ3n) is 5.61. The van der Waals surface area contributed by atoms with Crippen molar-refractivity contribution in [1.29, 1.82) is 0 Å². The highest BCUT2D eigenvalue weighted by molar-refractivity contribution is 5.97. The van der Waals surface area contributed by atoms with Crippen LogP contribution in [0.2, 0.25) is 0 Å². The highest BCUT2D eigenvalue weighted by Gasteiger charge is 2.24. The van der Waals surface area contributed by atoms with Gasteiger partial charge in [0.2, 0.25) is 17.7 Å². The van der Waals surface area contributed by atoms with Gasteiger partial charge in [0.05, 0.1) is 13.0 Å². The molecule has 1 unspecified atom stereocenters. The van der Waals surface area contributed by atoms with Crippen LogP contribution in [0.3, 0.4) is 0 Å². The average molecular weight is 446 g/mol. The van der Waals surface area contributed by atoms with Gasteiger partial charge in [-0.15, -0.1) is 0 Å². The lowest BCUT2D eigenvalue weighted by Crippen LogP contribution is -2.51. The summed E-state index contributed by atoms with van der Waals surface area (Å²) in [6.07, 6.45) is 0.175. The number of carbonyl (C=O) groups excluding carboxylic acids is 3. The first-order chi connectivity index (χ1) is 15.7. The summed E-state index contributed by atoms with van der Waals surface area (Å²) in [5.41, 5.74) is 3.54. The van der Waals surface area contributed by atoms with Gasteiger partial charge < -0.3 is 16.0 Å². The first-order valence-corrected chi connectivity index (χ1v) is 11.2. The molecule has 0 saturated heterocycles. The summed E-state index contributed by atoms with van der Waals surface area (Å²) in [6, 6.07) is 18.9. The first-order valence-electron chi connectivity index (χ1n) is 11.2. The molecule has 3 N–H and O–H groups in total. The molecule has 0 aliphatic rings. The van der Waals surface area contributed by atoms with Crippen molar-refractivity contribution < 1.29 is 14.4 Å². The van der Waals surface area contributed by atoms with E-state index in [0.29, 0.717) is 0 Å². The van der Waals surface area contributed by atoms with E-state index in [2.05, 4.69) is 16.0 Å². The summed E-state index contributed by atoms with van der Waals surface area (Å²) in [4.78, 5) is 37.8. The summed E-state index contributed by atoms with van der Waals surface area (Å²) < 4.78 is 0. The van der Waals surface area contributed by atoms with E-state index in [1.165, 1.54) is 0 Å². The van der Waals surface area contributed by atoms with E-state index in [9.17, 15) is 14.4 Å². The van der Waals surface area contributed by atoms with E-state index >= 15 is 0 Å². The lowest BCUT2D eigenvalue weighted by atomic mass is 10.0. The van der Waals surface area contributed by atoms with Crippen LogP contribution in [0.15, 0.2) is 60.7 Å². The van der Waals surface area contributed by atoms with E-state index < -0.39 is 6.04 Å². The van der Waals surface area contributed by atoms with Gasteiger partial charge in [-0.1, -0.05) is 74.5 Å². The predicted molar refractivity (Wildman–Crippen MR) is 132 cm³/mol. The molecule has 3 amide bonds. The molecule has 0 aromatic heterocycles. The minimum Gasteiger partial charge on any atom is -0.345 e. The van der Waals surface area contributed by atoms with Crippen LogP contribution in [0.5, 0.6) is 0 Å². The molecule has 0 fully saturated rings. The second-order valence-electron chi connectivity index (χ2n) is 8.68. The molecule has 0 heterocycles. The third kappa shape index (κ3) is 6.42. The van der Waals surface area contributed by atoms with Gasteiger partial charge in [0.25, 0.3) is 0 Å². The molecule has 0 saturated carbocycles. The molecule has 3 aromatic carbocycles. The molecule has 0 aliphatic carbocycles. The monoisotopic (exact) mass is 445 g/mol. The van der Waals surface area contributed by atoms with Gasteiger partial charge in [-0.25, -0.2) is 0 Å². The Morgan fingerprint density at radius 1 is 0.818 bits per heavy atom. The molecule has 6 nitrogen and oxygen atoms in total. The molecular weight excluding hydrogens is 414 g/mol. The third-order valence-corrected chi connectivity index (χ3v) is 5.61. The molecule has 33 heavy (non-hydrogen) atoms. The molecule has 0 bridgehead atoms. The van der Waals surface area contributed by atoms with Crippen LogP contribution in [-0.4, -0.2) is 30.3 Å². The second kappa shape index (κ2) is 10.8. The smallest absolute Gasteiger partial charge is 0.243 e. The van der Waals surface area contributed by atoms with Crippen molar-refractivity contribution in [2.24, 2.45) is 5.92 Å². The highest BCUT2D eigenvalue weighted by atomic mass is 16.2. The molecule has 6 heteroatoms. The fourth-order valence-electron chi connectivity index (χ4n) is 3.77. The Balaban J connectivity index is 1.56. The Bertz CT molecular complexity index is 1150. The van der Waals surface area contributed by atoms with Crippen molar-refractivity contribution in [3.05, 3.63) is 77.4 Å². The van der Waals surface area contributed by atoms with Gasteiger partial charge in [0.1, 0.15) is 6.04 Å². The Labute approximate surface area is 194 Å². The molecular formula is C27H31N3O3. The van der Waals surface area contributed by atoms with E-state index in [1.807, 2.05) is 88.4 Å². The zero-order valence-corrected chi connectivity index (χ0v) is 19.6. The van der Waals surface area contributed by atoms with Gasteiger partial charge in [0.15, 0.2) is 0 Å². The van der Waals surface area contributed by atoms with Gasteiger partial charge in [-0.05, 0) is 47.2 Å². The number of para-hydroxylation sites is 1. The second-order valence-corrected chi connectivity index (χ2v) is 8.68. The Kier molecular flexibility index (Phi) is 7.83. The number of fused-ring (bicyclic) bond motifs is 1. The summed E-state index contributed by atoms with van der Waals surface area (Å²) >= 11 is 0. The van der Waals surface area contributed by atoms with Crippen LogP contribution >= 0.6 is 0 Å². The van der Waals surface area contributed by atoms with Gasteiger partial charge in [0, 0.05) is 5.69 Å². The quantitative estimate of drug-likeness (QED) is 0.492. The zero-order chi connectivity index (χ0) is 24.0. The van der Waals surface area contributed by atoms with Gasteiger partial charge in [-0.3, -0.25) is 14.4 Å². The van der Waals surface area contributed by atoms with Crippen molar-refractivity contribution in [3.63, 3.8) is 0 Å². The van der Waals surface area contributed by atoms with Gasteiger partial charge >= 0.3 is 0 Å².